The molecular formula is C14H14N2O2S. The van der Waals surface area contributed by atoms with E-state index < -0.39 is 5.76 Å². The molecule has 0 radical (unpaired) electrons. The first-order chi connectivity index (χ1) is 9.19. The van der Waals surface area contributed by atoms with E-state index >= 15 is 0 Å². The van der Waals surface area contributed by atoms with Crippen LogP contribution >= 0.6 is 11.3 Å². The number of hydrogen-bond acceptors (Lipinski definition) is 4. The molecule has 0 saturated heterocycles. The molecule has 0 aliphatic heterocycles. The molecule has 0 spiro atoms. The van der Waals surface area contributed by atoms with Crippen molar-refractivity contribution in [1.82, 2.24) is 10.3 Å². The largest absolute Gasteiger partial charge is 0.417 e. The van der Waals surface area contributed by atoms with Crippen molar-refractivity contribution < 1.29 is 4.42 Å². The van der Waals surface area contributed by atoms with Crippen molar-refractivity contribution in [1.29, 1.82) is 0 Å². The highest BCUT2D eigenvalue weighted by Crippen LogP contribution is 2.28. The Morgan fingerprint density at radius 1 is 1.37 bits per heavy atom. The summed E-state index contributed by atoms with van der Waals surface area (Å²) < 4.78 is 5.11. The Bertz CT molecular complexity index is 769. The van der Waals surface area contributed by atoms with Gasteiger partial charge in [0.15, 0.2) is 5.58 Å². The quantitative estimate of drug-likeness (QED) is 0.772. The number of rotatable bonds is 3. The summed E-state index contributed by atoms with van der Waals surface area (Å²) in [5, 5.41) is 7.59. The topological polar surface area (TPSA) is 58.0 Å². The first-order valence-electron chi connectivity index (χ1n) is 6.02. The van der Waals surface area contributed by atoms with E-state index in [1.165, 1.54) is 11.1 Å². The number of hydrogen-bond donors (Lipinski definition) is 2. The lowest BCUT2D eigenvalue weighted by molar-refractivity contribution is 0.554. The predicted octanol–water partition coefficient (Wildman–Crippen LogP) is 2.80. The summed E-state index contributed by atoms with van der Waals surface area (Å²) in [6.45, 7) is 2.10. The fraction of sp³-hybridized carbons (Fsp3) is 0.214. The minimum absolute atomic E-state index is 0.107. The Morgan fingerprint density at radius 3 is 2.89 bits per heavy atom. The monoisotopic (exact) mass is 274 g/mol. The van der Waals surface area contributed by atoms with Gasteiger partial charge in [0.1, 0.15) is 0 Å². The fourth-order valence-electron chi connectivity index (χ4n) is 2.31. The first kappa shape index (κ1) is 12.2. The number of aryl methyl sites for hydroxylation is 1. The molecule has 4 nitrogen and oxygen atoms in total. The highest BCUT2D eigenvalue weighted by Gasteiger charge is 2.16. The SMILES string of the molecule is CNC(c1ccc2[nH]c(=O)oc2c1)c1cscc1C. The van der Waals surface area contributed by atoms with E-state index in [4.69, 9.17) is 4.42 Å². The van der Waals surface area contributed by atoms with Gasteiger partial charge in [0, 0.05) is 0 Å². The van der Waals surface area contributed by atoms with Crippen LogP contribution in [0.2, 0.25) is 0 Å². The summed E-state index contributed by atoms with van der Waals surface area (Å²) in [7, 11) is 1.93. The van der Waals surface area contributed by atoms with E-state index in [-0.39, 0.29) is 6.04 Å². The minimum atomic E-state index is -0.417. The molecular weight excluding hydrogens is 260 g/mol. The lowest BCUT2D eigenvalue weighted by atomic mass is 9.98. The summed E-state index contributed by atoms with van der Waals surface area (Å²) >= 11 is 1.69. The molecule has 0 fully saturated rings. The Kier molecular flexibility index (Phi) is 3.00. The van der Waals surface area contributed by atoms with Crippen LogP contribution in [0.5, 0.6) is 0 Å². The van der Waals surface area contributed by atoms with Crippen molar-refractivity contribution in [3.8, 4) is 0 Å². The van der Waals surface area contributed by atoms with Crippen LogP contribution in [0.1, 0.15) is 22.7 Å². The lowest BCUT2D eigenvalue weighted by Crippen LogP contribution is -2.17. The number of aromatic amines is 1. The lowest BCUT2D eigenvalue weighted by Gasteiger charge is -2.16. The molecule has 0 aliphatic carbocycles. The average Bonchev–Trinajstić information content (AvgIpc) is 2.95. The minimum Gasteiger partial charge on any atom is -0.408 e. The smallest absolute Gasteiger partial charge is 0.408 e. The Morgan fingerprint density at radius 2 is 2.21 bits per heavy atom. The molecule has 5 heteroatoms. The molecule has 3 aromatic rings. The highest BCUT2D eigenvalue weighted by atomic mass is 32.1. The number of oxazole rings is 1. The van der Waals surface area contributed by atoms with Gasteiger partial charge >= 0.3 is 5.76 Å². The third-order valence-electron chi connectivity index (χ3n) is 3.27. The molecule has 98 valence electrons. The van der Waals surface area contributed by atoms with Crippen molar-refractivity contribution in [3.63, 3.8) is 0 Å². The Balaban J connectivity index is 2.11. The zero-order chi connectivity index (χ0) is 13.4. The van der Waals surface area contributed by atoms with Crippen LogP contribution in [0.15, 0.2) is 38.2 Å². The van der Waals surface area contributed by atoms with Gasteiger partial charge in [-0.05, 0) is 53.6 Å². The molecule has 2 aromatic heterocycles. The number of benzene rings is 1. The molecule has 0 bridgehead atoms. The van der Waals surface area contributed by atoms with Crippen molar-refractivity contribution in [2.24, 2.45) is 0 Å². The number of H-pyrrole nitrogens is 1. The van der Waals surface area contributed by atoms with Crippen LogP contribution in [-0.2, 0) is 0 Å². The van der Waals surface area contributed by atoms with Gasteiger partial charge in [0.05, 0.1) is 11.6 Å². The summed E-state index contributed by atoms with van der Waals surface area (Å²) in [6, 6.07) is 5.90. The predicted molar refractivity (Wildman–Crippen MR) is 76.8 cm³/mol. The zero-order valence-corrected chi connectivity index (χ0v) is 11.5. The van der Waals surface area contributed by atoms with Gasteiger partial charge in [-0.1, -0.05) is 6.07 Å². The Labute approximate surface area is 114 Å². The number of fused-ring (bicyclic) bond motifs is 1. The van der Waals surface area contributed by atoms with Crippen LogP contribution in [0.4, 0.5) is 0 Å². The molecule has 2 heterocycles. The van der Waals surface area contributed by atoms with E-state index in [9.17, 15) is 4.79 Å². The fourth-order valence-corrected chi connectivity index (χ4v) is 3.19. The normalized spacial score (nSPS) is 12.9. The maximum atomic E-state index is 11.2. The molecule has 19 heavy (non-hydrogen) atoms. The molecule has 0 aliphatic rings. The van der Waals surface area contributed by atoms with Gasteiger partial charge < -0.3 is 9.73 Å². The van der Waals surface area contributed by atoms with Gasteiger partial charge in [-0.3, -0.25) is 4.98 Å². The summed E-state index contributed by atoms with van der Waals surface area (Å²) in [6.07, 6.45) is 0. The van der Waals surface area contributed by atoms with Crippen molar-refractivity contribution in [2.75, 3.05) is 7.05 Å². The average molecular weight is 274 g/mol. The molecule has 3 rings (SSSR count). The van der Waals surface area contributed by atoms with Gasteiger partial charge in [-0.15, -0.1) is 0 Å². The van der Waals surface area contributed by atoms with Gasteiger partial charge in [-0.25, -0.2) is 4.79 Å². The van der Waals surface area contributed by atoms with Crippen LogP contribution in [0, 0.1) is 6.92 Å². The van der Waals surface area contributed by atoms with Crippen molar-refractivity contribution >= 4 is 22.4 Å². The molecule has 0 amide bonds. The van der Waals surface area contributed by atoms with Crippen LogP contribution in [0.3, 0.4) is 0 Å². The van der Waals surface area contributed by atoms with Gasteiger partial charge in [0.2, 0.25) is 0 Å². The van der Waals surface area contributed by atoms with E-state index in [1.807, 2.05) is 25.2 Å². The molecule has 1 aromatic carbocycles. The van der Waals surface area contributed by atoms with Crippen LogP contribution < -0.4 is 11.1 Å². The Hall–Kier alpha value is -1.85. The van der Waals surface area contributed by atoms with Gasteiger partial charge in [0.25, 0.3) is 0 Å². The van der Waals surface area contributed by atoms with E-state index in [2.05, 4.69) is 28.0 Å². The zero-order valence-electron chi connectivity index (χ0n) is 10.7. The van der Waals surface area contributed by atoms with Crippen LogP contribution in [-0.4, -0.2) is 12.0 Å². The van der Waals surface area contributed by atoms with Crippen molar-refractivity contribution in [3.05, 3.63) is 56.2 Å². The summed E-state index contributed by atoms with van der Waals surface area (Å²) in [5.74, 6) is -0.417. The number of aromatic nitrogens is 1. The third-order valence-corrected chi connectivity index (χ3v) is 4.15. The standard InChI is InChI=1S/C14H14N2O2S/c1-8-6-19-7-10(8)13(15-2)9-3-4-11-12(5-9)18-14(17)16-11/h3-7,13,15H,1-2H3,(H,16,17). The van der Waals surface area contributed by atoms with Crippen molar-refractivity contribution in [2.45, 2.75) is 13.0 Å². The van der Waals surface area contributed by atoms with E-state index in [0.717, 1.165) is 11.1 Å². The highest BCUT2D eigenvalue weighted by molar-refractivity contribution is 7.08. The summed E-state index contributed by atoms with van der Waals surface area (Å²) in [4.78, 5) is 13.8. The maximum absolute atomic E-state index is 11.2. The second-order valence-electron chi connectivity index (χ2n) is 4.50. The second kappa shape index (κ2) is 4.68. The summed E-state index contributed by atoms with van der Waals surface area (Å²) in [5.41, 5.74) is 4.92. The molecule has 1 atom stereocenters. The van der Waals surface area contributed by atoms with Gasteiger partial charge in [-0.2, -0.15) is 11.3 Å². The third kappa shape index (κ3) is 2.11. The number of nitrogens with one attached hydrogen (secondary N) is 2. The van der Waals surface area contributed by atoms with E-state index in [1.54, 1.807) is 11.3 Å². The molecule has 2 N–H and O–H groups in total. The molecule has 0 saturated carbocycles. The van der Waals surface area contributed by atoms with Crippen LogP contribution in [0.25, 0.3) is 11.1 Å². The number of thiophene rings is 1. The maximum Gasteiger partial charge on any atom is 0.417 e. The van der Waals surface area contributed by atoms with E-state index in [0.29, 0.717) is 5.58 Å². The molecule has 1 unspecified atom stereocenters. The first-order valence-corrected chi connectivity index (χ1v) is 6.96. The second-order valence-corrected chi connectivity index (χ2v) is 5.25.